The van der Waals surface area contributed by atoms with Gasteiger partial charge in [0, 0.05) is 20.1 Å². The van der Waals surface area contributed by atoms with Gasteiger partial charge in [0.25, 0.3) is 0 Å². The van der Waals surface area contributed by atoms with Crippen molar-refractivity contribution in [3.63, 3.8) is 0 Å². The van der Waals surface area contributed by atoms with Crippen LogP contribution >= 0.6 is 24.0 Å². The quantitative estimate of drug-likeness (QED) is 0.808. The summed E-state index contributed by atoms with van der Waals surface area (Å²) in [5.41, 5.74) is 1.92. The third kappa shape index (κ3) is 3.45. The average Bonchev–Trinajstić information content (AvgIpc) is 2.79. The number of likely N-dealkylation sites (N-methyl/N-ethyl adjacent to an activating group) is 1. The largest absolute Gasteiger partial charge is 0.356 e. The van der Waals surface area contributed by atoms with Crippen molar-refractivity contribution in [2.75, 3.05) is 26.7 Å². The summed E-state index contributed by atoms with van der Waals surface area (Å²) in [4.78, 5) is 6.73. The summed E-state index contributed by atoms with van der Waals surface area (Å²) in [6.07, 6.45) is 5.24. The molecule has 3 rings (SSSR count). The van der Waals surface area contributed by atoms with Gasteiger partial charge in [0.15, 0.2) is 5.96 Å². The van der Waals surface area contributed by atoms with Crippen LogP contribution in [0.25, 0.3) is 0 Å². The predicted molar refractivity (Wildman–Crippen MR) is 94.8 cm³/mol. The maximum atomic E-state index is 4.52. The SMILES string of the molecule is CN1CCN=C1NCC1(Cc2ccccc2)CCC1.I. The molecule has 1 aromatic carbocycles. The van der Waals surface area contributed by atoms with Crippen molar-refractivity contribution in [2.45, 2.75) is 25.7 Å². The molecule has 110 valence electrons. The molecule has 3 nitrogen and oxygen atoms in total. The van der Waals surface area contributed by atoms with Gasteiger partial charge in [-0.1, -0.05) is 36.8 Å². The van der Waals surface area contributed by atoms with Crippen molar-refractivity contribution in [3.8, 4) is 0 Å². The second kappa shape index (κ2) is 6.78. The van der Waals surface area contributed by atoms with E-state index in [2.05, 4.69) is 52.6 Å². The van der Waals surface area contributed by atoms with E-state index >= 15 is 0 Å². The molecule has 0 atom stereocenters. The lowest BCUT2D eigenvalue weighted by atomic mass is 9.65. The normalized spacial score (nSPS) is 19.9. The van der Waals surface area contributed by atoms with E-state index in [9.17, 15) is 0 Å². The zero-order valence-corrected chi connectivity index (χ0v) is 14.5. The number of aliphatic imine (C=N–C) groups is 1. The average molecular weight is 385 g/mol. The Morgan fingerprint density at radius 2 is 2.00 bits per heavy atom. The van der Waals surface area contributed by atoms with E-state index in [0.717, 1.165) is 25.6 Å². The summed E-state index contributed by atoms with van der Waals surface area (Å²) in [7, 11) is 2.11. The third-order valence-corrected chi connectivity index (χ3v) is 4.52. The Kier molecular flexibility index (Phi) is 5.29. The molecule has 1 N–H and O–H groups in total. The van der Waals surface area contributed by atoms with E-state index < -0.39 is 0 Å². The van der Waals surface area contributed by atoms with Gasteiger partial charge in [-0.3, -0.25) is 4.99 Å². The predicted octanol–water partition coefficient (Wildman–Crippen LogP) is 2.91. The van der Waals surface area contributed by atoms with E-state index in [4.69, 9.17) is 0 Å². The van der Waals surface area contributed by atoms with Crippen LogP contribution in [0, 0.1) is 5.41 Å². The molecule has 1 aromatic rings. The minimum Gasteiger partial charge on any atom is -0.356 e. The van der Waals surface area contributed by atoms with Gasteiger partial charge < -0.3 is 10.2 Å². The van der Waals surface area contributed by atoms with Crippen LogP contribution in [0.15, 0.2) is 35.3 Å². The van der Waals surface area contributed by atoms with Crippen LogP contribution in [0.4, 0.5) is 0 Å². The number of rotatable bonds is 4. The first-order valence-electron chi connectivity index (χ1n) is 7.31. The van der Waals surface area contributed by atoms with Gasteiger partial charge in [0.1, 0.15) is 0 Å². The lowest BCUT2D eigenvalue weighted by Gasteiger charge is -2.42. The Hall–Kier alpha value is -0.780. The molecule has 2 aliphatic rings. The Labute approximate surface area is 138 Å². The molecule has 0 radical (unpaired) electrons. The van der Waals surface area contributed by atoms with Gasteiger partial charge in [-0.25, -0.2) is 0 Å². The number of nitrogens with zero attached hydrogens (tertiary/aromatic N) is 2. The van der Waals surface area contributed by atoms with Crippen molar-refractivity contribution in [3.05, 3.63) is 35.9 Å². The maximum absolute atomic E-state index is 4.52. The molecule has 0 aromatic heterocycles. The summed E-state index contributed by atoms with van der Waals surface area (Å²) < 4.78 is 0. The van der Waals surface area contributed by atoms with Crippen LogP contribution < -0.4 is 5.32 Å². The van der Waals surface area contributed by atoms with Crippen LogP contribution in [0.5, 0.6) is 0 Å². The fourth-order valence-corrected chi connectivity index (χ4v) is 3.11. The van der Waals surface area contributed by atoms with Gasteiger partial charge in [0.05, 0.1) is 6.54 Å². The number of benzene rings is 1. The monoisotopic (exact) mass is 385 g/mol. The smallest absolute Gasteiger partial charge is 0.193 e. The highest BCUT2D eigenvalue weighted by Gasteiger charge is 2.37. The Morgan fingerprint density at radius 1 is 1.25 bits per heavy atom. The molecule has 20 heavy (non-hydrogen) atoms. The topological polar surface area (TPSA) is 27.6 Å². The highest BCUT2D eigenvalue weighted by molar-refractivity contribution is 14.0. The fraction of sp³-hybridized carbons (Fsp3) is 0.562. The van der Waals surface area contributed by atoms with Gasteiger partial charge in [-0.05, 0) is 30.2 Å². The molecule has 1 aliphatic carbocycles. The molecular formula is C16H24IN3. The summed E-state index contributed by atoms with van der Waals surface area (Å²) >= 11 is 0. The van der Waals surface area contributed by atoms with Crippen LogP contribution in [-0.2, 0) is 6.42 Å². The van der Waals surface area contributed by atoms with E-state index in [1.165, 1.54) is 31.2 Å². The molecule has 1 fully saturated rings. The lowest BCUT2D eigenvalue weighted by Crippen LogP contribution is -2.46. The van der Waals surface area contributed by atoms with Crippen LogP contribution in [0.2, 0.25) is 0 Å². The summed E-state index contributed by atoms with van der Waals surface area (Å²) in [5.74, 6) is 1.08. The number of hydrogen-bond donors (Lipinski definition) is 1. The maximum Gasteiger partial charge on any atom is 0.193 e. The van der Waals surface area contributed by atoms with Gasteiger partial charge in [-0.15, -0.1) is 24.0 Å². The summed E-state index contributed by atoms with van der Waals surface area (Å²) in [6, 6.07) is 10.9. The zero-order valence-electron chi connectivity index (χ0n) is 12.1. The number of halogens is 1. The number of hydrogen-bond acceptors (Lipinski definition) is 3. The highest BCUT2D eigenvalue weighted by Crippen LogP contribution is 2.43. The van der Waals surface area contributed by atoms with Gasteiger partial charge >= 0.3 is 0 Å². The molecule has 4 heteroatoms. The second-order valence-electron chi connectivity index (χ2n) is 6.00. The van der Waals surface area contributed by atoms with Gasteiger partial charge in [-0.2, -0.15) is 0 Å². The van der Waals surface area contributed by atoms with Crippen molar-refractivity contribution >= 4 is 29.9 Å². The van der Waals surface area contributed by atoms with Crippen molar-refractivity contribution in [1.29, 1.82) is 0 Å². The minimum atomic E-state index is 0. The first-order chi connectivity index (χ1) is 9.27. The molecular weight excluding hydrogens is 361 g/mol. The molecule has 0 spiro atoms. The molecule has 0 bridgehead atoms. The molecule has 1 heterocycles. The first-order valence-corrected chi connectivity index (χ1v) is 7.31. The molecule has 0 saturated heterocycles. The summed E-state index contributed by atoms with van der Waals surface area (Å²) in [6.45, 7) is 3.05. The first kappa shape index (κ1) is 15.6. The molecule has 0 amide bonds. The van der Waals surface area contributed by atoms with Crippen LogP contribution in [0.1, 0.15) is 24.8 Å². The van der Waals surface area contributed by atoms with E-state index in [1.54, 1.807) is 0 Å². The second-order valence-corrected chi connectivity index (χ2v) is 6.00. The Bertz CT molecular complexity index is 454. The van der Waals surface area contributed by atoms with E-state index in [0.29, 0.717) is 5.41 Å². The number of nitrogens with one attached hydrogen (secondary N) is 1. The van der Waals surface area contributed by atoms with Gasteiger partial charge in [0.2, 0.25) is 0 Å². The van der Waals surface area contributed by atoms with E-state index in [-0.39, 0.29) is 24.0 Å². The summed E-state index contributed by atoms with van der Waals surface area (Å²) in [5, 5.41) is 3.57. The standard InChI is InChI=1S/C16H23N3.HI/c1-19-11-10-17-15(19)18-13-16(8-5-9-16)12-14-6-3-2-4-7-14;/h2-4,6-7H,5,8-13H2,1H3,(H,17,18);1H. The lowest BCUT2D eigenvalue weighted by molar-refractivity contribution is 0.136. The number of guanidine groups is 1. The molecule has 0 unspecified atom stereocenters. The minimum absolute atomic E-state index is 0. The van der Waals surface area contributed by atoms with Crippen LogP contribution in [0.3, 0.4) is 0 Å². The Morgan fingerprint density at radius 3 is 2.55 bits per heavy atom. The van der Waals surface area contributed by atoms with Crippen molar-refractivity contribution in [1.82, 2.24) is 10.2 Å². The van der Waals surface area contributed by atoms with Crippen LogP contribution in [-0.4, -0.2) is 37.5 Å². The van der Waals surface area contributed by atoms with Crippen molar-refractivity contribution in [2.24, 2.45) is 10.4 Å². The fourth-order valence-electron chi connectivity index (χ4n) is 3.11. The molecule has 1 aliphatic heterocycles. The third-order valence-electron chi connectivity index (χ3n) is 4.52. The van der Waals surface area contributed by atoms with E-state index in [1.807, 2.05) is 0 Å². The zero-order chi connectivity index (χ0) is 13.1. The highest BCUT2D eigenvalue weighted by atomic mass is 127. The van der Waals surface area contributed by atoms with Crippen molar-refractivity contribution < 1.29 is 0 Å². The molecule has 1 saturated carbocycles. The Balaban J connectivity index is 0.00000147.